The summed E-state index contributed by atoms with van der Waals surface area (Å²) >= 11 is 0. The summed E-state index contributed by atoms with van der Waals surface area (Å²) in [6, 6.07) is 12.6. The zero-order valence-corrected chi connectivity index (χ0v) is 9.27. The standard InChI is InChI=1S/C14H11N3/c15-7-9-5-6-13-14(11(9)8-16)10-3-1-2-4-12(10)17-13/h1-4,9,11,17H,5-6H2/t9-,11-/m0/s1. The summed E-state index contributed by atoms with van der Waals surface area (Å²) < 4.78 is 0. The zero-order chi connectivity index (χ0) is 11.8. The Balaban J connectivity index is 2.28. The fourth-order valence-corrected chi connectivity index (χ4v) is 2.73. The van der Waals surface area contributed by atoms with Crippen LogP contribution in [0, 0.1) is 28.6 Å². The molecule has 3 nitrogen and oxygen atoms in total. The lowest BCUT2D eigenvalue weighted by Gasteiger charge is -2.21. The van der Waals surface area contributed by atoms with Gasteiger partial charge in [0.1, 0.15) is 0 Å². The summed E-state index contributed by atoms with van der Waals surface area (Å²) in [5.41, 5.74) is 3.24. The van der Waals surface area contributed by atoms with E-state index in [1.165, 1.54) is 0 Å². The molecular formula is C14H11N3. The van der Waals surface area contributed by atoms with E-state index in [4.69, 9.17) is 5.26 Å². The Morgan fingerprint density at radius 3 is 2.76 bits per heavy atom. The number of hydrogen-bond acceptors (Lipinski definition) is 2. The van der Waals surface area contributed by atoms with Crippen molar-refractivity contribution in [3.63, 3.8) is 0 Å². The Morgan fingerprint density at radius 2 is 2.00 bits per heavy atom. The minimum Gasteiger partial charge on any atom is -0.358 e. The van der Waals surface area contributed by atoms with Gasteiger partial charge in [-0.25, -0.2) is 0 Å². The number of hydrogen-bond donors (Lipinski definition) is 1. The van der Waals surface area contributed by atoms with Gasteiger partial charge in [0.2, 0.25) is 0 Å². The minimum atomic E-state index is -0.292. The molecule has 0 aliphatic heterocycles. The third-order valence-electron chi connectivity index (χ3n) is 3.55. The van der Waals surface area contributed by atoms with Gasteiger partial charge in [-0.1, -0.05) is 18.2 Å². The topological polar surface area (TPSA) is 63.4 Å². The third kappa shape index (κ3) is 1.33. The van der Waals surface area contributed by atoms with Gasteiger partial charge in [-0.2, -0.15) is 10.5 Å². The molecule has 1 aliphatic rings. The van der Waals surface area contributed by atoms with Crippen LogP contribution >= 0.6 is 0 Å². The Kier molecular flexibility index (Phi) is 2.13. The largest absolute Gasteiger partial charge is 0.358 e. The number of aryl methyl sites for hydroxylation is 1. The molecule has 1 aliphatic carbocycles. The van der Waals surface area contributed by atoms with E-state index in [0.717, 1.165) is 35.0 Å². The van der Waals surface area contributed by atoms with Gasteiger partial charge in [-0.3, -0.25) is 0 Å². The zero-order valence-electron chi connectivity index (χ0n) is 9.27. The predicted octanol–water partition coefficient (Wildman–Crippen LogP) is 2.86. The summed E-state index contributed by atoms with van der Waals surface area (Å²) in [6.45, 7) is 0. The molecule has 82 valence electrons. The fraction of sp³-hybridized carbons (Fsp3) is 0.286. The number of nitriles is 2. The maximum absolute atomic E-state index is 9.30. The van der Waals surface area contributed by atoms with Crippen LogP contribution in [0.3, 0.4) is 0 Å². The molecule has 0 saturated carbocycles. The van der Waals surface area contributed by atoms with Gasteiger partial charge < -0.3 is 4.98 Å². The van der Waals surface area contributed by atoms with E-state index in [0.29, 0.717) is 0 Å². The van der Waals surface area contributed by atoms with Gasteiger partial charge in [0, 0.05) is 16.6 Å². The molecule has 1 aromatic carbocycles. The lowest BCUT2D eigenvalue weighted by atomic mass is 9.78. The number of fused-ring (bicyclic) bond motifs is 3. The number of nitrogens with one attached hydrogen (secondary N) is 1. The average molecular weight is 221 g/mol. The van der Waals surface area contributed by atoms with Crippen molar-refractivity contribution in [2.24, 2.45) is 5.92 Å². The Morgan fingerprint density at radius 1 is 1.18 bits per heavy atom. The van der Waals surface area contributed by atoms with E-state index >= 15 is 0 Å². The van der Waals surface area contributed by atoms with Gasteiger partial charge in [0.15, 0.2) is 0 Å². The number of H-pyrrole nitrogens is 1. The summed E-state index contributed by atoms with van der Waals surface area (Å²) in [7, 11) is 0. The van der Waals surface area contributed by atoms with Crippen LogP contribution in [0.1, 0.15) is 23.6 Å². The number of aromatic nitrogens is 1. The SMILES string of the molecule is N#C[C@@H]1CCc2[nH]c3ccccc3c2[C@H]1C#N. The number of benzene rings is 1. The Bertz CT molecular complexity index is 654. The van der Waals surface area contributed by atoms with Gasteiger partial charge in [0.05, 0.1) is 24.0 Å². The van der Waals surface area contributed by atoms with Gasteiger partial charge in [-0.05, 0) is 24.5 Å². The molecule has 0 saturated heterocycles. The molecule has 2 aromatic rings. The summed E-state index contributed by atoms with van der Waals surface area (Å²) in [4.78, 5) is 3.36. The molecule has 1 aromatic heterocycles. The molecule has 0 spiro atoms. The van der Waals surface area contributed by atoms with Gasteiger partial charge in [-0.15, -0.1) is 0 Å². The Labute approximate surface area is 99.3 Å². The van der Waals surface area contributed by atoms with Crippen molar-refractivity contribution < 1.29 is 0 Å². The van der Waals surface area contributed by atoms with E-state index in [9.17, 15) is 5.26 Å². The van der Waals surface area contributed by atoms with Crippen LogP contribution in [0.4, 0.5) is 0 Å². The van der Waals surface area contributed by atoms with Crippen LogP contribution in [0.2, 0.25) is 0 Å². The molecule has 1 N–H and O–H groups in total. The molecule has 3 rings (SSSR count). The average Bonchev–Trinajstić information content (AvgIpc) is 2.76. The first-order valence-corrected chi connectivity index (χ1v) is 5.74. The molecule has 0 unspecified atom stereocenters. The van der Waals surface area contributed by atoms with E-state index in [2.05, 4.69) is 17.1 Å². The summed E-state index contributed by atoms with van der Waals surface area (Å²) in [5, 5.41) is 19.5. The van der Waals surface area contributed by atoms with E-state index < -0.39 is 0 Å². The second kappa shape index (κ2) is 3.64. The van der Waals surface area contributed by atoms with Crippen molar-refractivity contribution in [2.45, 2.75) is 18.8 Å². The maximum Gasteiger partial charge on any atom is 0.0894 e. The van der Waals surface area contributed by atoms with Crippen molar-refractivity contribution >= 4 is 10.9 Å². The lowest BCUT2D eigenvalue weighted by Crippen LogP contribution is -2.17. The van der Waals surface area contributed by atoms with Crippen molar-refractivity contribution in [3.8, 4) is 12.1 Å². The second-order valence-electron chi connectivity index (χ2n) is 4.44. The van der Waals surface area contributed by atoms with Crippen LogP contribution in [-0.4, -0.2) is 4.98 Å². The fourth-order valence-electron chi connectivity index (χ4n) is 2.73. The van der Waals surface area contributed by atoms with E-state index in [1.807, 2.05) is 24.3 Å². The number of para-hydroxylation sites is 1. The number of aromatic amines is 1. The highest BCUT2D eigenvalue weighted by Gasteiger charge is 2.32. The first kappa shape index (κ1) is 9.93. The van der Waals surface area contributed by atoms with Crippen molar-refractivity contribution in [3.05, 3.63) is 35.5 Å². The van der Waals surface area contributed by atoms with E-state index in [-0.39, 0.29) is 11.8 Å². The third-order valence-corrected chi connectivity index (χ3v) is 3.55. The summed E-state index contributed by atoms with van der Waals surface area (Å²) in [5.74, 6) is -0.466. The molecule has 0 bridgehead atoms. The lowest BCUT2D eigenvalue weighted by molar-refractivity contribution is 0.519. The smallest absolute Gasteiger partial charge is 0.0894 e. The first-order valence-electron chi connectivity index (χ1n) is 5.74. The van der Waals surface area contributed by atoms with Crippen molar-refractivity contribution in [1.82, 2.24) is 4.98 Å². The molecule has 2 atom stereocenters. The first-order chi connectivity index (χ1) is 8.35. The van der Waals surface area contributed by atoms with Gasteiger partial charge in [0.25, 0.3) is 0 Å². The monoisotopic (exact) mass is 221 g/mol. The van der Waals surface area contributed by atoms with Crippen LogP contribution in [-0.2, 0) is 6.42 Å². The van der Waals surface area contributed by atoms with E-state index in [1.54, 1.807) is 0 Å². The quantitative estimate of drug-likeness (QED) is 0.743. The van der Waals surface area contributed by atoms with Gasteiger partial charge >= 0.3 is 0 Å². The van der Waals surface area contributed by atoms with Crippen LogP contribution < -0.4 is 0 Å². The normalized spacial score (nSPS) is 22.7. The highest BCUT2D eigenvalue weighted by Crippen LogP contribution is 2.39. The molecule has 3 heteroatoms. The van der Waals surface area contributed by atoms with Crippen LogP contribution in [0.5, 0.6) is 0 Å². The van der Waals surface area contributed by atoms with Crippen LogP contribution in [0.15, 0.2) is 24.3 Å². The number of nitrogens with zero attached hydrogens (tertiary/aromatic N) is 2. The molecule has 0 fully saturated rings. The molecule has 0 amide bonds. The highest BCUT2D eigenvalue weighted by molar-refractivity contribution is 5.86. The maximum atomic E-state index is 9.30. The Hall–Kier alpha value is -2.26. The summed E-state index contributed by atoms with van der Waals surface area (Å²) in [6.07, 6.45) is 1.63. The highest BCUT2D eigenvalue weighted by atomic mass is 14.7. The molecular weight excluding hydrogens is 210 g/mol. The van der Waals surface area contributed by atoms with Crippen LogP contribution in [0.25, 0.3) is 10.9 Å². The molecule has 0 radical (unpaired) electrons. The predicted molar refractivity (Wildman–Crippen MR) is 64.1 cm³/mol. The molecule has 1 heterocycles. The van der Waals surface area contributed by atoms with Crippen molar-refractivity contribution in [2.75, 3.05) is 0 Å². The second-order valence-corrected chi connectivity index (χ2v) is 4.44. The minimum absolute atomic E-state index is 0.174. The number of rotatable bonds is 0. The molecule has 17 heavy (non-hydrogen) atoms. The van der Waals surface area contributed by atoms with Crippen molar-refractivity contribution in [1.29, 1.82) is 10.5 Å².